The van der Waals surface area contributed by atoms with Crippen molar-refractivity contribution in [3.63, 3.8) is 0 Å². The number of benzene rings is 1. The van der Waals surface area contributed by atoms with Crippen LogP contribution in [0.25, 0.3) is 0 Å². The van der Waals surface area contributed by atoms with Crippen molar-refractivity contribution in [2.24, 2.45) is 5.10 Å². The number of nitro benzene ring substituents is 1. The minimum Gasteiger partial charge on any atom is -0.490 e. The van der Waals surface area contributed by atoms with Gasteiger partial charge in [0.2, 0.25) is 5.75 Å². The average Bonchev–Trinajstić information content (AvgIpc) is 2.54. The van der Waals surface area contributed by atoms with Crippen LogP contribution in [0.2, 0.25) is 0 Å². The predicted octanol–water partition coefficient (Wildman–Crippen LogP) is 2.60. The molecule has 0 spiro atoms. The van der Waals surface area contributed by atoms with Crippen LogP contribution in [0.5, 0.6) is 11.5 Å². The smallest absolute Gasteiger partial charge is 0.315 e. The van der Waals surface area contributed by atoms with Gasteiger partial charge in [0.15, 0.2) is 10.9 Å². The van der Waals surface area contributed by atoms with E-state index in [1.54, 1.807) is 13.0 Å². The number of nitrogens with one attached hydrogen (secondary N) is 2. The summed E-state index contributed by atoms with van der Waals surface area (Å²) in [6, 6.07) is 3.03. The minimum atomic E-state index is -0.498. The fraction of sp³-hybridized carbons (Fsp3) is 0.467. The molecule has 0 amide bonds. The number of hydrazone groups is 1. The van der Waals surface area contributed by atoms with E-state index in [1.165, 1.54) is 12.3 Å². The molecule has 9 heteroatoms. The van der Waals surface area contributed by atoms with Gasteiger partial charge in [-0.3, -0.25) is 15.5 Å². The lowest BCUT2D eigenvalue weighted by Gasteiger charge is -2.12. The number of hydrogen-bond donors (Lipinski definition) is 2. The summed E-state index contributed by atoms with van der Waals surface area (Å²) in [7, 11) is 0. The van der Waals surface area contributed by atoms with Crippen LogP contribution in [0.1, 0.15) is 32.8 Å². The summed E-state index contributed by atoms with van der Waals surface area (Å²) >= 11 is 4.98. The standard InChI is InChI=1S/C15H22N4O4S/c1-4-7-23-14-12(19(20)21)8-11(9-13(14)22-6-3)10-17-18-15(24)16-5-2/h8-10H,4-7H2,1-3H3,(H2,16,18,24)/b17-10+. The van der Waals surface area contributed by atoms with E-state index in [0.717, 1.165) is 6.42 Å². The fourth-order valence-corrected chi connectivity index (χ4v) is 1.99. The van der Waals surface area contributed by atoms with E-state index in [-0.39, 0.29) is 11.4 Å². The van der Waals surface area contributed by atoms with Crippen molar-refractivity contribution in [1.82, 2.24) is 10.7 Å². The number of rotatable bonds is 9. The summed E-state index contributed by atoms with van der Waals surface area (Å²) in [6.45, 7) is 7.03. The maximum absolute atomic E-state index is 11.3. The zero-order valence-corrected chi connectivity index (χ0v) is 14.8. The van der Waals surface area contributed by atoms with Crippen LogP contribution >= 0.6 is 12.2 Å². The Morgan fingerprint density at radius 1 is 1.38 bits per heavy atom. The molecule has 0 bridgehead atoms. The third kappa shape index (κ3) is 5.99. The third-order valence-corrected chi connectivity index (χ3v) is 2.96. The Morgan fingerprint density at radius 3 is 2.71 bits per heavy atom. The molecule has 1 aromatic rings. The first-order valence-electron chi connectivity index (χ1n) is 7.68. The molecule has 24 heavy (non-hydrogen) atoms. The van der Waals surface area contributed by atoms with Crippen LogP contribution in [-0.2, 0) is 0 Å². The first kappa shape index (κ1) is 19.6. The van der Waals surface area contributed by atoms with Crippen LogP contribution in [0.15, 0.2) is 17.2 Å². The highest BCUT2D eigenvalue weighted by Crippen LogP contribution is 2.38. The molecule has 2 N–H and O–H groups in total. The van der Waals surface area contributed by atoms with Gasteiger partial charge < -0.3 is 14.8 Å². The number of hydrogen-bond acceptors (Lipinski definition) is 6. The van der Waals surface area contributed by atoms with Crippen molar-refractivity contribution in [2.75, 3.05) is 19.8 Å². The van der Waals surface area contributed by atoms with Gasteiger partial charge in [-0.15, -0.1) is 0 Å². The largest absolute Gasteiger partial charge is 0.490 e. The molecule has 1 rings (SSSR count). The molecule has 0 aliphatic carbocycles. The molecular formula is C15H22N4O4S. The lowest BCUT2D eigenvalue weighted by atomic mass is 10.2. The monoisotopic (exact) mass is 354 g/mol. The molecular weight excluding hydrogens is 332 g/mol. The van der Waals surface area contributed by atoms with Gasteiger partial charge >= 0.3 is 5.69 Å². The third-order valence-electron chi connectivity index (χ3n) is 2.72. The Balaban J connectivity index is 3.11. The Bertz CT molecular complexity index is 607. The van der Waals surface area contributed by atoms with Crippen LogP contribution in [0.4, 0.5) is 5.69 Å². The summed E-state index contributed by atoms with van der Waals surface area (Å²) < 4.78 is 11.0. The Hall–Kier alpha value is -2.42. The zero-order chi connectivity index (χ0) is 17.9. The minimum absolute atomic E-state index is 0.136. The summed E-state index contributed by atoms with van der Waals surface area (Å²) in [5.74, 6) is 0.452. The van der Waals surface area contributed by atoms with Gasteiger partial charge in [0, 0.05) is 18.2 Å². The number of thiocarbonyl (C=S) groups is 1. The number of nitrogens with zero attached hydrogens (tertiary/aromatic N) is 2. The van der Waals surface area contributed by atoms with Gasteiger partial charge in [-0.25, -0.2) is 0 Å². The van der Waals surface area contributed by atoms with Gasteiger partial charge in [-0.2, -0.15) is 5.10 Å². The van der Waals surface area contributed by atoms with Crippen molar-refractivity contribution in [3.8, 4) is 11.5 Å². The van der Waals surface area contributed by atoms with Crippen molar-refractivity contribution in [3.05, 3.63) is 27.8 Å². The van der Waals surface area contributed by atoms with E-state index in [9.17, 15) is 10.1 Å². The van der Waals surface area contributed by atoms with Crippen molar-refractivity contribution < 1.29 is 14.4 Å². The number of ether oxygens (including phenoxy) is 2. The Morgan fingerprint density at radius 2 is 2.12 bits per heavy atom. The summed E-state index contributed by atoms with van der Waals surface area (Å²) in [5, 5.41) is 18.5. The number of nitro groups is 1. The maximum Gasteiger partial charge on any atom is 0.315 e. The molecule has 8 nitrogen and oxygen atoms in total. The highest BCUT2D eigenvalue weighted by atomic mass is 32.1. The van der Waals surface area contributed by atoms with Gasteiger partial charge in [-0.05, 0) is 38.6 Å². The summed E-state index contributed by atoms with van der Waals surface area (Å²) in [6.07, 6.45) is 2.17. The summed E-state index contributed by atoms with van der Waals surface area (Å²) in [5.41, 5.74) is 2.97. The molecule has 0 saturated carbocycles. The lowest BCUT2D eigenvalue weighted by Crippen LogP contribution is -2.31. The van der Waals surface area contributed by atoms with Gasteiger partial charge in [0.25, 0.3) is 0 Å². The maximum atomic E-state index is 11.3. The molecule has 0 heterocycles. The van der Waals surface area contributed by atoms with Crippen molar-refractivity contribution in [1.29, 1.82) is 0 Å². The SMILES string of the molecule is CCCOc1c(OCC)cc(/C=N/NC(=S)NCC)cc1[N+](=O)[O-]. The molecule has 0 aliphatic heterocycles. The molecule has 0 atom stereocenters. The van der Waals surface area contributed by atoms with Crippen LogP contribution in [0, 0.1) is 10.1 Å². The second kappa shape index (κ2) is 10.4. The Kier molecular flexibility index (Phi) is 8.48. The van der Waals surface area contributed by atoms with Crippen LogP contribution in [0.3, 0.4) is 0 Å². The Labute approximate surface area is 146 Å². The first-order chi connectivity index (χ1) is 11.5. The second-order valence-electron chi connectivity index (χ2n) is 4.64. The molecule has 132 valence electrons. The van der Waals surface area contributed by atoms with Crippen LogP contribution < -0.4 is 20.2 Å². The normalized spacial score (nSPS) is 10.5. The molecule has 0 radical (unpaired) electrons. The van der Waals surface area contributed by atoms with E-state index in [4.69, 9.17) is 21.7 Å². The lowest BCUT2D eigenvalue weighted by molar-refractivity contribution is -0.386. The molecule has 1 aromatic carbocycles. The second-order valence-corrected chi connectivity index (χ2v) is 5.04. The highest BCUT2D eigenvalue weighted by molar-refractivity contribution is 7.80. The predicted molar refractivity (Wildman–Crippen MR) is 97.1 cm³/mol. The first-order valence-corrected chi connectivity index (χ1v) is 8.09. The van der Waals surface area contributed by atoms with E-state index in [2.05, 4.69) is 15.8 Å². The van der Waals surface area contributed by atoms with E-state index in [1.807, 2.05) is 13.8 Å². The fourth-order valence-electron chi connectivity index (χ4n) is 1.80. The molecule has 0 saturated heterocycles. The molecule has 0 unspecified atom stereocenters. The van der Waals surface area contributed by atoms with Gasteiger partial charge in [0.1, 0.15) is 0 Å². The van der Waals surface area contributed by atoms with Gasteiger partial charge in [-0.1, -0.05) is 6.92 Å². The average molecular weight is 354 g/mol. The van der Waals surface area contributed by atoms with Crippen LogP contribution in [-0.4, -0.2) is 36.0 Å². The zero-order valence-electron chi connectivity index (χ0n) is 14.0. The molecule has 0 fully saturated rings. The van der Waals surface area contributed by atoms with E-state index >= 15 is 0 Å². The van der Waals surface area contributed by atoms with E-state index < -0.39 is 4.92 Å². The molecule has 0 aliphatic rings. The van der Waals surface area contributed by atoms with E-state index in [0.29, 0.717) is 36.2 Å². The van der Waals surface area contributed by atoms with Gasteiger partial charge in [0.05, 0.1) is 24.4 Å². The topological polar surface area (TPSA) is 98.0 Å². The highest BCUT2D eigenvalue weighted by Gasteiger charge is 2.22. The van der Waals surface area contributed by atoms with Crippen molar-refractivity contribution >= 4 is 29.2 Å². The summed E-state index contributed by atoms with van der Waals surface area (Å²) in [4.78, 5) is 10.8. The molecule has 0 aromatic heterocycles. The quantitative estimate of drug-likeness (QED) is 0.304. The van der Waals surface area contributed by atoms with Crippen molar-refractivity contribution in [2.45, 2.75) is 27.2 Å².